The van der Waals surface area contributed by atoms with Crippen molar-refractivity contribution in [3.8, 4) is 0 Å². The molecule has 0 N–H and O–H groups in total. The Bertz CT molecular complexity index is 1660. The lowest BCUT2D eigenvalue weighted by Crippen LogP contribution is -2.27. The van der Waals surface area contributed by atoms with Crippen molar-refractivity contribution in [2.24, 2.45) is 0 Å². The number of fused-ring (bicyclic) bond motifs is 10. The maximum Gasteiger partial charge on any atom is 0.0621 e. The van der Waals surface area contributed by atoms with Gasteiger partial charge in [0.15, 0.2) is 0 Å². The van der Waals surface area contributed by atoms with Crippen molar-refractivity contribution < 1.29 is 0 Å². The Kier molecular flexibility index (Phi) is 2.40. The molecule has 0 radical (unpaired) electrons. The summed E-state index contributed by atoms with van der Waals surface area (Å²) >= 11 is 0. The van der Waals surface area contributed by atoms with Gasteiger partial charge in [-0.15, -0.1) is 0 Å². The van der Waals surface area contributed by atoms with Gasteiger partial charge < -0.3 is 4.40 Å². The smallest absolute Gasteiger partial charge is 0.0621 e. The lowest BCUT2D eigenvalue weighted by atomic mass is 10.0. The lowest BCUT2D eigenvalue weighted by Gasteiger charge is -2.06. The molecular weight excluding hydrogens is 326 g/mol. The Balaban J connectivity index is 1.96. The Hall–Kier alpha value is -3.32. The van der Waals surface area contributed by atoms with E-state index in [4.69, 9.17) is 0 Å². The van der Waals surface area contributed by atoms with Gasteiger partial charge in [0.2, 0.25) is 0 Å². The molecule has 0 atom stereocenters. The third kappa shape index (κ3) is 1.57. The molecule has 1 aliphatic rings. The van der Waals surface area contributed by atoms with Crippen molar-refractivity contribution in [1.29, 1.82) is 0 Å². The van der Waals surface area contributed by atoms with Crippen LogP contribution in [0.2, 0.25) is 0 Å². The van der Waals surface area contributed by atoms with Crippen molar-refractivity contribution in [2.45, 2.75) is 12.8 Å². The average Bonchev–Trinajstić information content (AvgIpc) is 3.25. The summed E-state index contributed by atoms with van der Waals surface area (Å²) in [5.41, 5.74) is 4.09. The molecule has 1 nitrogen and oxygen atoms in total. The van der Waals surface area contributed by atoms with Crippen LogP contribution in [0.1, 0.15) is 12.8 Å². The van der Waals surface area contributed by atoms with Crippen molar-refractivity contribution in [2.75, 3.05) is 0 Å². The van der Waals surface area contributed by atoms with Crippen LogP contribution in [0.25, 0.3) is 61.0 Å². The molecule has 0 spiro atoms. The summed E-state index contributed by atoms with van der Waals surface area (Å²) < 4.78 is 2.55. The van der Waals surface area contributed by atoms with Crippen LogP contribution in [-0.2, 0) is 0 Å². The standard InChI is InChI=1S/C26H17N/c1-3-8-18-16(6-1)12-14-22-20-10-5-11-21-23-15-13-17-7-2-4-9-19(17)25(23)27(24(18)22)26(20)21/h1,3,5-15H,2,4H2. The fraction of sp³-hybridized carbons (Fsp3) is 0.0769. The van der Waals surface area contributed by atoms with Crippen LogP contribution in [0.5, 0.6) is 0 Å². The first-order chi connectivity index (χ1) is 13.4. The third-order valence-electron chi connectivity index (χ3n) is 6.32. The lowest BCUT2D eigenvalue weighted by molar-refractivity contribution is 1.12. The second-order valence-corrected chi connectivity index (χ2v) is 7.67. The van der Waals surface area contributed by atoms with E-state index < -0.39 is 0 Å². The summed E-state index contributed by atoms with van der Waals surface area (Å²) in [5, 5.41) is 10.9. The van der Waals surface area contributed by atoms with Crippen LogP contribution in [0.4, 0.5) is 0 Å². The van der Waals surface area contributed by atoms with Gasteiger partial charge in [0.05, 0.1) is 16.6 Å². The molecule has 2 aromatic heterocycles. The van der Waals surface area contributed by atoms with Gasteiger partial charge in [-0.2, -0.15) is 0 Å². The van der Waals surface area contributed by atoms with E-state index in [1.54, 1.807) is 0 Å². The Morgan fingerprint density at radius 1 is 0.519 bits per heavy atom. The summed E-state index contributed by atoms with van der Waals surface area (Å²) in [4.78, 5) is 0. The molecule has 0 bridgehead atoms. The first kappa shape index (κ1) is 13.8. The summed E-state index contributed by atoms with van der Waals surface area (Å²) in [6, 6.07) is 24.7. The summed E-state index contributed by atoms with van der Waals surface area (Å²) in [7, 11) is 0. The zero-order valence-corrected chi connectivity index (χ0v) is 14.9. The largest absolute Gasteiger partial charge is 0.307 e. The highest BCUT2D eigenvalue weighted by molar-refractivity contribution is 6.27. The minimum Gasteiger partial charge on any atom is -0.307 e. The Morgan fingerprint density at radius 2 is 1.19 bits per heavy atom. The van der Waals surface area contributed by atoms with E-state index in [9.17, 15) is 0 Å². The second kappa shape index (κ2) is 4.69. The SMILES string of the molecule is C1=c2ccc3c4cccc5c6ccc7ccccc7c6n(c3c2=CCC1)c45. The van der Waals surface area contributed by atoms with Crippen molar-refractivity contribution in [3.05, 3.63) is 77.2 Å². The molecule has 0 amide bonds. The van der Waals surface area contributed by atoms with E-state index in [0.29, 0.717) is 0 Å². The number of para-hydroxylation sites is 1. The maximum atomic E-state index is 2.55. The fourth-order valence-electron chi connectivity index (χ4n) is 5.21. The highest BCUT2D eigenvalue weighted by Gasteiger charge is 2.19. The predicted molar refractivity (Wildman–Crippen MR) is 116 cm³/mol. The number of rotatable bonds is 0. The minimum atomic E-state index is 1.13. The van der Waals surface area contributed by atoms with E-state index in [-0.39, 0.29) is 0 Å². The summed E-state index contributed by atoms with van der Waals surface area (Å²) in [6.45, 7) is 0. The Labute approximate surface area is 155 Å². The van der Waals surface area contributed by atoms with Crippen LogP contribution >= 0.6 is 0 Å². The molecule has 0 aliphatic heterocycles. The maximum absolute atomic E-state index is 2.55. The number of nitrogens with zero attached hydrogens (tertiary/aromatic N) is 1. The van der Waals surface area contributed by atoms with Gasteiger partial charge in [-0.1, -0.05) is 78.9 Å². The first-order valence-electron chi connectivity index (χ1n) is 9.71. The van der Waals surface area contributed by atoms with E-state index in [0.717, 1.165) is 12.8 Å². The second-order valence-electron chi connectivity index (χ2n) is 7.67. The van der Waals surface area contributed by atoms with Gasteiger partial charge in [0, 0.05) is 32.1 Å². The first-order valence-corrected chi connectivity index (χ1v) is 9.71. The zero-order chi connectivity index (χ0) is 17.5. The molecule has 1 aliphatic carbocycles. The van der Waals surface area contributed by atoms with Crippen molar-refractivity contribution in [3.63, 3.8) is 0 Å². The molecule has 126 valence electrons. The fourth-order valence-corrected chi connectivity index (χ4v) is 5.21. The molecule has 1 heteroatoms. The third-order valence-corrected chi connectivity index (χ3v) is 6.32. The topological polar surface area (TPSA) is 4.41 Å². The zero-order valence-electron chi connectivity index (χ0n) is 14.9. The number of hydrogen-bond acceptors (Lipinski definition) is 0. The molecule has 6 aromatic rings. The van der Waals surface area contributed by atoms with Gasteiger partial charge in [-0.05, 0) is 23.4 Å². The molecule has 0 fully saturated rings. The quantitative estimate of drug-likeness (QED) is 0.350. The molecular formula is C26H17N. The van der Waals surface area contributed by atoms with E-state index in [1.807, 2.05) is 0 Å². The van der Waals surface area contributed by atoms with Crippen LogP contribution < -0.4 is 10.4 Å². The molecule has 2 heterocycles. The van der Waals surface area contributed by atoms with E-state index in [1.165, 1.54) is 59.3 Å². The summed E-state index contributed by atoms with van der Waals surface area (Å²) in [5.74, 6) is 0. The molecule has 0 saturated carbocycles. The number of aromatic nitrogens is 1. The van der Waals surface area contributed by atoms with Crippen LogP contribution in [-0.4, -0.2) is 4.40 Å². The average molecular weight is 343 g/mol. The van der Waals surface area contributed by atoms with Crippen LogP contribution in [0, 0.1) is 0 Å². The van der Waals surface area contributed by atoms with Gasteiger partial charge in [-0.25, -0.2) is 0 Å². The minimum absolute atomic E-state index is 1.13. The van der Waals surface area contributed by atoms with Gasteiger partial charge in [0.25, 0.3) is 0 Å². The normalized spacial score (nSPS) is 14.2. The summed E-state index contributed by atoms with van der Waals surface area (Å²) in [6.07, 6.45) is 7.09. The molecule has 0 unspecified atom stereocenters. The molecule has 27 heavy (non-hydrogen) atoms. The predicted octanol–water partition coefficient (Wildman–Crippen LogP) is 5.34. The van der Waals surface area contributed by atoms with E-state index in [2.05, 4.69) is 83.3 Å². The Morgan fingerprint density at radius 3 is 2.11 bits per heavy atom. The van der Waals surface area contributed by atoms with Gasteiger partial charge in [-0.3, -0.25) is 0 Å². The molecule has 0 saturated heterocycles. The highest BCUT2D eigenvalue weighted by Crippen LogP contribution is 2.40. The number of benzene rings is 4. The van der Waals surface area contributed by atoms with Crippen molar-refractivity contribution >= 4 is 61.0 Å². The molecule has 7 rings (SSSR count). The van der Waals surface area contributed by atoms with E-state index >= 15 is 0 Å². The molecule has 4 aromatic carbocycles. The number of hydrogen-bond donors (Lipinski definition) is 0. The van der Waals surface area contributed by atoms with Gasteiger partial charge >= 0.3 is 0 Å². The monoisotopic (exact) mass is 343 g/mol. The van der Waals surface area contributed by atoms with Crippen molar-refractivity contribution in [1.82, 2.24) is 4.40 Å². The van der Waals surface area contributed by atoms with Gasteiger partial charge in [0.1, 0.15) is 0 Å². The highest BCUT2D eigenvalue weighted by atomic mass is 14.9. The van der Waals surface area contributed by atoms with Crippen LogP contribution in [0.3, 0.4) is 0 Å². The van der Waals surface area contributed by atoms with Crippen LogP contribution in [0.15, 0.2) is 66.7 Å².